The molecule has 0 heterocycles. The Morgan fingerprint density at radius 3 is 2.79 bits per heavy atom. The highest BCUT2D eigenvalue weighted by molar-refractivity contribution is 5.34. The van der Waals surface area contributed by atoms with Crippen molar-refractivity contribution in [1.29, 1.82) is 5.26 Å². The molecule has 2 nitrogen and oxygen atoms in total. The first-order chi connectivity index (χ1) is 9.20. The maximum absolute atomic E-state index is 13.2. The zero-order valence-corrected chi connectivity index (χ0v) is 11.5. The number of nitrogens with one attached hydrogen (secondary N) is 1. The van der Waals surface area contributed by atoms with Crippen LogP contribution in [0.2, 0.25) is 0 Å². The topological polar surface area (TPSA) is 35.8 Å². The van der Waals surface area contributed by atoms with Crippen molar-refractivity contribution in [3.8, 4) is 6.07 Å². The fourth-order valence-electron chi connectivity index (χ4n) is 2.85. The zero-order chi connectivity index (χ0) is 13.7. The first kappa shape index (κ1) is 14.0. The normalized spacial score (nSPS) is 17.9. The summed E-state index contributed by atoms with van der Waals surface area (Å²) in [6.45, 7) is 2.93. The fraction of sp³-hybridized carbons (Fsp3) is 0.562. The predicted molar refractivity (Wildman–Crippen MR) is 74.0 cm³/mol. The van der Waals surface area contributed by atoms with Gasteiger partial charge in [-0.15, -0.1) is 0 Å². The van der Waals surface area contributed by atoms with Crippen LogP contribution in [0.3, 0.4) is 0 Å². The summed E-state index contributed by atoms with van der Waals surface area (Å²) in [5.41, 5.74) is 1.10. The largest absolute Gasteiger partial charge is 0.310 e. The average Bonchev–Trinajstić information content (AvgIpc) is 2.47. The molecule has 0 spiro atoms. The third-order valence-electron chi connectivity index (χ3n) is 4.14. The first-order valence-electron chi connectivity index (χ1n) is 7.12. The van der Waals surface area contributed by atoms with E-state index in [1.807, 2.05) is 6.07 Å². The molecule has 0 amide bonds. The van der Waals surface area contributed by atoms with E-state index < -0.39 is 5.82 Å². The smallest absolute Gasteiger partial charge is 0.140 e. The van der Waals surface area contributed by atoms with Crippen LogP contribution < -0.4 is 5.32 Å². The molecule has 1 N–H and O–H groups in total. The van der Waals surface area contributed by atoms with E-state index in [-0.39, 0.29) is 5.56 Å². The van der Waals surface area contributed by atoms with Crippen LogP contribution in [0.25, 0.3) is 0 Å². The Hall–Kier alpha value is -1.40. The lowest BCUT2D eigenvalue weighted by atomic mass is 9.84. The van der Waals surface area contributed by atoms with Crippen LogP contribution >= 0.6 is 0 Å². The number of nitriles is 1. The maximum atomic E-state index is 13.2. The minimum atomic E-state index is -0.438. The lowest BCUT2D eigenvalue weighted by Crippen LogP contribution is -2.34. The van der Waals surface area contributed by atoms with Crippen LogP contribution in [0.5, 0.6) is 0 Å². The van der Waals surface area contributed by atoms with Crippen molar-refractivity contribution in [2.24, 2.45) is 5.92 Å². The Labute approximate surface area is 114 Å². The van der Waals surface area contributed by atoms with Gasteiger partial charge in [0.15, 0.2) is 0 Å². The average molecular weight is 260 g/mol. The molecule has 0 aliphatic heterocycles. The summed E-state index contributed by atoms with van der Waals surface area (Å²) in [7, 11) is 0. The van der Waals surface area contributed by atoms with E-state index in [0.29, 0.717) is 12.6 Å². The number of benzene rings is 1. The standard InChI is InChI=1S/C16H21FN2/c1-12(14-5-3-2-4-6-14)19-11-13-7-8-16(17)15(9-13)10-18/h7-9,12,14,19H,2-6,11H2,1H3/t12-/m1/s1. The fourth-order valence-corrected chi connectivity index (χ4v) is 2.85. The van der Waals surface area contributed by atoms with Crippen molar-refractivity contribution < 1.29 is 4.39 Å². The molecule has 0 aromatic heterocycles. The van der Waals surface area contributed by atoms with Gasteiger partial charge >= 0.3 is 0 Å². The zero-order valence-electron chi connectivity index (χ0n) is 11.5. The molecule has 2 rings (SSSR count). The van der Waals surface area contributed by atoms with Gasteiger partial charge in [0, 0.05) is 12.6 Å². The minimum Gasteiger partial charge on any atom is -0.310 e. The van der Waals surface area contributed by atoms with Crippen molar-refractivity contribution in [1.82, 2.24) is 5.32 Å². The van der Waals surface area contributed by atoms with E-state index in [2.05, 4.69) is 12.2 Å². The summed E-state index contributed by atoms with van der Waals surface area (Å²) in [4.78, 5) is 0. The molecule has 1 atom stereocenters. The highest BCUT2D eigenvalue weighted by atomic mass is 19.1. The molecule has 1 aliphatic carbocycles. The van der Waals surface area contributed by atoms with Gasteiger partial charge in [0.25, 0.3) is 0 Å². The van der Waals surface area contributed by atoms with E-state index in [1.54, 1.807) is 12.1 Å². The summed E-state index contributed by atoms with van der Waals surface area (Å²) < 4.78 is 13.2. The Bertz CT molecular complexity index is 458. The molecule has 1 saturated carbocycles. The second kappa shape index (κ2) is 6.68. The maximum Gasteiger partial charge on any atom is 0.140 e. The van der Waals surface area contributed by atoms with Gasteiger partial charge < -0.3 is 5.32 Å². The Kier molecular flexibility index (Phi) is 4.93. The van der Waals surface area contributed by atoms with Gasteiger partial charge in [-0.3, -0.25) is 0 Å². The third-order valence-corrected chi connectivity index (χ3v) is 4.14. The van der Waals surface area contributed by atoms with Crippen LogP contribution in [-0.4, -0.2) is 6.04 Å². The highest BCUT2D eigenvalue weighted by Crippen LogP contribution is 2.26. The van der Waals surface area contributed by atoms with Crippen molar-refractivity contribution >= 4 is 0 Å². The summed E-state index contributed by atoms with van der Waals surface area (Å²) in [5, 5.41) is 12.3. The number of rotatable bonds is 4. The lowest BCUT2D eigenvalue weighted by Gasteiger charge is -2.28. The van der Waals surface area contributed by atoms with Crippen LogP contribution in [0.15, 0.2) is 18.2 Å². The molecular weight excluding hydrogens is 239 g/mol. The predicted octanol–water partition coefficient (Wildman–Crippen LogP) is 3.76. The molecular formula is C16H21FN2. The van der Waals surface area contributed by atoms with E-state index >= 15 is 0 Å². The van der Waals surface area contributed by atoms with Gasteiger partial charge in [0.05, 0.1) is 5.56 Å². The lowest BCUT2D eigenvalue weighted by molar-refractivity contribution is 0.280. The molecule has 1 aromatic rings. The van der Waals surface area contributed by atoms with E-state index in [1.165, 1.54) is 38.2 Å². The Morgan fingerprint density at radius 2 is 2.11 bits per heavy atom. The van der Waals surface area contributed by atoms with Gasteiger partial charge in [0.1, 0.15) is 11.9 Å². The van der Waals surface area contributed by atoms with Gasteiger partial charge in [-0.2, -0.15) is 5.26 Å². The van der Waals surface area contributed by atoms with Gasteiger partial charge in [0.2, 0.25) is 0 Å². The molecule has 0 saturated heterocycles. The van der Waals surface area contributed by atoms with E-state index in [4.69, 9.17) is 5.26 Å². The number of halogens is 1. The SMILES string of the molecule is C[C@@H](NCc1ccc(F)c(C#N)c1)C1CCCCC1. The molecule has 1 fully saturated rings. The molecule has 19 heavy (non-hydrogen) atoms. The summed E-state index contributed by atoms with van der Waals surface area (Å²) in [6.07, 6.45) is 6.66. The van der Waals surface area contributed by atoms with Crippen molar-refractivity contribution in [2.75, 3.05) is 0 Å². The van der Waals surface area contributed by atoms with Crippen LogP contribution in [0.1, 0.15) is 50.2 Å². The molecule has 102 valence electrons. The van der Waals surface area contributed by atoms with Crippen molar-refractivity contribution in [3.05, 3.63) is 35.1 Å². The minimum absolute atomic E-state index is 0.129. The Morgan fingerprint density at radius 1 is 1.37 bits per heavy atom. The van der Waals surface area contributed by atoms with Gasteiger partial charge in [-0.1, -0.05) is 25.3 Å². The van der Waals surface area contributed by atoms with Crippen molar-refractivity contribution in [2.45, 2.75) is 51.6 Å². The third kappa shape index (κ3) is 3.78. The summed E-state index contributed by atoms with van der Waals surface area (Å²) in [6, 6.07) is 7.12. The first-order valence-corrected chi connectivity index (χ1v) is 7.12. The van der Waals surface area contributed by atoms with E-state index in [0.717, 1.165) is 11.5 Å². The number of hydrogen-bond donors (Lipinski definition) is 1. The van der Waals surface area contributed by atoms with Crippen LogP contribution in [0.4, 0.5) is 4.39 Å². The summed E-state index contributed by atoms with van der Waals surface area (Å²) in [5.74, 6) is 0.316. The molecule has 1 aliphatic rings. The molecule has 3 heteroatoms. The molecule has 1 aromatic carbocycles. The van der Waals surface area contributed by atoms with Crippen molar-refractivity contribution in [3.63, 3.8) is 0 Å². The Balaban J connectivity index is 1.89. The highest BCUT2D eigenvalue weighted by Gasteiger charge is 2.19. The second-order valence-corrected chi connectivity index (χ2v) is 5.49. The quantitative estimate of drug-likeness (QED) is 0.894. The van der Waals surface area contributed by atoms with Gasteiger partial charge in [-0.25, -0.2) is 4.39 Å². The molecule has 0 bridgehead atoms. The monoisotopic (exact) mass is 260 g/mol. The van der Waals surface area contributed by atoms with Crippen LogP contribution in [0, 0.1) is 23.1 Å². The molecule has 0 radical (unpaired) electrons. The second-order valence-electron chi connectivity index (χ2n) is 5.49. The van der Waals surface area contributed by atoms with E-state index in [9.17, 15) is 4.39 Å². The number of nitrogens with zero attached hydrogens (tertiary/aromatic N) is 1. The molecule has 0 unspecified atom stereocenters. The number of hydrogen-bond acceptors (Lipinski definition) is 2. The van der Waals surface area contributed by atoms with Crippen LogP contribution in [-0.2, 0) is 6.54 Å². The summed E-state index contributed by atoms with van der Waals surface area (Å²) >= 11 is 0. The van der Waals surface area contributed by atoms with Gasteiger partial charge in [-0.05, 0) is 43.4 Å².